The molecule has 0 aliphatic carbocycles. The normalized spacial score (nSPS) is 18.6. The summed E-state index contributed by atoms with van der Waals surface area (Å²) in [6.07, 6.45) is 5.78. The van der Waals surface area contributed by atoms with Crippen LogP contribution in [-0.2, 0) is 9.59 Å². The number of carbonyl (C=O) groups is 2. The van der Waals surface area contributed by atoms with Crippen LogP contribution in [0.3, 0.4) is 0 Å². The average molecular weight is 421 g/mol. The van der Waals surface area contributed by atoms with Crippen LogP contribution in [0.5, 0.6) is 0 Å². The van der Waals surface area contributed by atoms with Crippen molar-refractivity contribution in [1.82, 2.24) is 20.7 Å². The minimum atomic E-state index is -0.0775. The van der Waals surface area contributed by atoms with Gasteiger partial charge in [-0.15, -0.1) is 0 Å². The van der Waals surface area contributed by atoms with E-state index in [4.69, 9.17) is 0 Å². The molecule has 2 aliphatic rings. The fraction of sp³-hybridized carbons (Fsp3) is 0.818. The Morgan fingerprint density at radius 2 is 1.07 bits per heavy atom. The summed E-state index contributed by atoms with van der Waals surface area (Å²) < 4.78 is 0. The SMILES string of the molecule is CC(C)N1CCC(=NNC(=O)CCCCC(=O)NN=C2CCN(C(C)C)CC2)CC1. The van der Waals surface area contributed by atoms with Crippen molar-refractivity contribution >= 4 is 23.2 Å². The van der Waals surface area contributed by atoms with Gasteiger partial charge in [-0.25, -0.2) is 10.9 Å². The van der Waals surface area contributed by atoms with E-state index in [0.717, 1.165) is 63.3 Å². The number of hydrogen-bond acceptors (Lipinski definition) is 6. The van der Waals surface area contributed by atoms with Crippen molar-refractivity contribution in [3.05, 3.63) is 0 Å². The van der Waals surface area contributed by atoms with Crippen molar-refractivity contribution in [1.29, 1.82) is 0 Å². The molecule has 0 unspecified atom stereocenters. The first-order valence-corrected chi connectivity index (χ1v) is 11.5. The number of hydrazone groups is 2. The molecule has 0 spiro atoms. The highest BCUT2D eigenvalue weighted by Crippen LogP contribution is 2.11. The lowest BCUT2D eigenvalue weighted by Crippen LogP contribution is -2.39. The number of likely N-dealkylation sites (tertiary alicyclic amines) is 2. The molecule has 0 radical (unpaired) electrons. The first-order valence-electron chi connectivity index (χ1n) is 11.5. The van der Waals surface area contributed by atoms with Gasteiger partial charge in [0.15, 0.2) is 0 Å². The molecule has 2 N–H and O–H groups in total. The number of rotatable bonds is 9. The van der Waals surface area contributed by atoms with Crippen molar-refractivity contribution in [2.75, 3.05) is 26.2 Å². The van der Waals surface area contributed by atoms with E-state index < -0.39 is 0 Å². The summed E-state index contributed by atoms with van der Waals surface area (Å²) in [5.74, 6) is -0.155. The van der Waals surface area contributed by atoms with Crippen molar-refractivity contribution < 1.29 is 9.59 Å². The number of nitrogens with one attached hydrogen (secondary N) is 2. The minimum absolute atomic E-state index is 0.0775. The third kappa shape index (κ3) is 8.92. The van der Waals surface area contributed by atoms with Crippen molar-refractivity contribution in [3.8, 4) is 0 Å². The Balaban J connectivity index is 1.53. The Morgan fingerprint density at radius 3 is 1.37 bits per heavy atom. The van der Waals surface area contributed by atoms with Crippen molar-refractivity contribution in [2.24, 2.45) is 10.2 Å². The molecule has 170 valence electrons. The molecule has 2 fully saturated rings. The second kappa shape index (κ2) is 12.8. The number of piperidine rings is 2. The second-order valence-electron chi connectivity index (χ2n) is 8.89. The van der Waals surface area contributed by atoms with E-state index in [1.54, 1.807) is 0 Å². The van der Waals surface area contributed by atoms with Gasteiger partial charge in [-0.2, -0.15) is 10.2 Å². The van der Waals surface area contributed by atoms with Crippen LogP contribution in [0.1, 0.15) is 79.1 Å². The van der Waals surface area contributed by atoms with Gasteiger partial charge in [0, 0.05) is 88.2 Å². The highest BCUT2D eigenvalue weighted by molar-refractivity contribution is 5.88. The fourth-order valence-corrected chi connectivity index (χ4v) is 3.79. The molecule has 8 nitrogen and oxygen atoms in total. The van der Waals surface area contributed by atoms with Gasteiger partial charge < -0.3 is 9.80 Å². The molecule has 0 saturated carbocycles. The molecule has 30 heavy (non-hydrogen) atoms. The molecule has 2 heterocycles. The summed E-state index contributed by atoms with van der Waals surface area (Å²) in [7, 11) is 0. The Morgan fingerprint density at radius 1 is 0.733 bits per heavy atom. The number of unbranched alkanes of at least 4 members (excludes halogenated alkanes) is 1. The molecular formula is C22H40N6O2. The molecule has 2 rings (SSSR count). The maximum Gasteiger partial charge on any atom is 0.240 e. The van der Waals surface area contributed by atoms with Gasteiger partial charge in [-0.3, -0.25) is 9.59 Å². The maximum atomic E-state index is 12.0. The monoisotopic (exact) mass is 420 g/mol. The van der Waals surface area contributed by atoms with Gasteiger partial charge in [0.25, 0.3) is 0 Å². The number of carbonyl (C=O) groups excluding carboxylic acids is 2. The highest BCUT2D eigenvalue weighted by Gasteiger charge is 2.18. The number of nitrogens with zero attached hydrogens (tertiary/aromatic N) is 4. The molecule has 0 aromatic heterocycles. The van der Waals surface area contributed by atoms with E-state index in [0.29, 0.717) is 37.8 Å². The van der Waals surface area contributed by atoms with Crippen LogP contribution < -0.4 is 10.9 Å². The van der Waals surface area contributed by atoms with Crippen molar-refractivity contribution in [3.63, 3.8) is 0 Å². The molecule has 2 aliphatic heterocycles. The van der Waals surface area contributed by atoms with Crippen LogP contribution in [0.4, 0.5) is 0 Å². The summed E-state index contributed by atoms with van der Waals surface area (Å²) in [6.45, 7) is 12.8. The predicted octanol–water partition coefficient (Wildman–Crippen LogP) is 2.50. The minimum Gasteiger partial charge on any atom is -0.300 e. The summed E-state index contributed by atoms with van der Waals surface area (Å²) in [6, 6.07) is 1.12. The van der Waals surface area contributed by atoms with Gasteiger partial charge >= 0.3 is 0 Å². The van der Waals surface area contributed by atoms with Crippen LogP contribution in [0.25, 0.3) is 0 Å². The summed E-state index contributed by atoms with van der Waals surface area (Å²) >= 11 is 0. The zero-order valence-electron chi connectivity index (χ0n) is 19.2. The zero-order chi connectivity index (χ0) is 21.9. The Labute approximate surface area is 181 Å². The molecule has 2 saturated heterocycles. The number of amides is 2. The Hall–Kier alpha value is -1.80. The molecule has 0 aromatic carbocycles. The fourth-order valence-electron chi connectivity index (χ4n) is 3.79. The molecule has 2 amide bonds. The zero-order valence-corrected chi connectivity index (χ0v) is 19.2. The lowest BCUT2D eigenvalue weighted by atomic mass is 10.1. The smallest absolute Gasteiger partial charge is 0.240 e. The Bertz CT molecular complexity index is 555. The van der Waals surface area contributed by atoms with Crippen LogP contribution in [0, 0.1) is 0 Å². The number of hydrogen-bond donors (Lipinski definition) is 2. The summed E-state index contributed by atoms with van der Waals surface area (Å²) in [5, 5.41) is 8.56. The molecule has 0 atom stereocenters. The van der Waals surface area contributed by atoms with E-state index in [1.807, 2.05) is 0 Å². The largest absolute Gasteiger partial charge is 0.300 e. The lowest BCUT2D eigenvalue weighted by Gasteiger charge is -2.30. The molecular weight excluding hydrogens is 380 g/mol. The van der Waals surface area contributed by atoms with E-state index in [1.165, 1.54) is 0 Å². The van der Waals surface area contributed by atoms with Crippen LogP contribution in [0.2, 0.25) is 0 Å². The first kappa shape index (κ1) is 24.5. The molecule has 0 bridgehead atoms. The summed E-state index contributed by atoms with van der Waals surface area (Å²) in [5.41, 5.74) is 7.47. The van der Waals surface area contributed by atoms with Crippen LogP contribution in [-0.4, -0.2) is 71.3 Å². The predicted molar refractivity (Wildman–Crippen MR) is 122 cm³/mol. The third-order valence-corrected chi connectivity index (χ3v) is 5.95. The second-order valence-corrected chi connectivity index (χ2v) is 8.89. The van der Waals surface area contributed by atoms with Crippen LogP contribution >= 0.6 is 0 Å². The van der Waals surface area contributed by atoms with Crippen LogP contribution in [0.15, 0.2) is 10.2 Å². The van der Waals surface area contributed by atoms with E-state index in [-0.39, 0.29) is 11.8 Å². The van der Waals surface area contributed by atoms with E-state index in [2.05, 4.69) is 58.5 Å². The lowest BCUT2D eigenvalue weighted by molar-refractivity contribution is -0.123. The van der Waals surface area contributed by atoms with Gasteiger partial charge in [0.05, 0.1) is 0 Å². The van der Waals surface area contributed by atoms with Gasteiger partial charge in [-0.1, -0.05) is 0 Å². The van der Waals surface area contributed by atoms with E-state index in [9.17, 15) is 9.59 Å². The quantitative estimate of drug-likeness (QED) is 0.443. The van der Waals surface area contributed by atoms with E-state index >= 15 is 0 Å². The van der Waals surface area contributed by atoms with Crippen molar-refractivity contribution in [2.45, 2.75) is 91.1 Å². The Kier molecular flexibility index (Phi) is 10.4. The van der Waals surface area contributed by atoms with Gasteiger partial charge in [0.1, 0.15) is 0 Å². The maximum absolute atomic E-state index is 12.0. The summed E-state index contributed by atoms with van der Waals surface area (Å²) in [4.78, 5) is 28.8. The van der Waals surface area contributed by atoms with Gasteiger partial charge in [-0.05, 0) is 40.5 Å². The topological polar surface area (TPSA) is 89.4 Å². The first-order chi connectivity index (χ1) is 14.3. The third-order valence-electron chi connectivity index (χ3n) is 5.95. The molecule has 8 heteroatoms. The van der Waals surface area contributed by atoms with Gasteiger partial charge in [0.2, 0.25) is 11.8 Å². The average Bonchev–Trinajstić information content (AvgIpc) is 2.74. The standard InChI is InChI=1S/C22H40N6O2/c1-17(2)27-13-9-19(10-14-27)23-25-21(29)7-5-6-8-22(30)26-24-20-11-15-28(16-12-20)18(3)4/h17-18H,5-16H2,1-4H3,(H,25,29)(H,26,30). The highest BCUT2D eigenvalue weighted by atomic mass is 16.2. The molecule has 0 aromatic rings.